The number of rotatable bonds is 4. The van der Waals surface area contributed by atoms with Crippen molar-refractivity contribution in [2.75, 3.05) is 39.8 Å². The number of hydrogen-bond donors (Lipinski definition) is 0. The summed E-state index contributed by atoms with van der Waals surface area (Å²) < 4.78 is 5.27. The highest BCUT2D eigenvalue weighted by Crippen LogP contribution is 2.06. The van der Waals surface area contributed by atoms with Gasteiger partial charge in [0.05, 0.1) is 6.10 Å². The zero-order valence-electron chi connectivity index (χ0n) is 9.99. The Hall–Kier alpha value is -0.120. The zero-order chi connectivity index (χ0) is 10.6. The van der Waals surface area contributed by atoms with Crippen molar-refractivity contribution < 1.29 is 4.74 Å². The molecule has 0 bridgehead atoms. The lowest BCUT2D eigenvalue weighted by Gasteiger charge is -2.37. The van der Waals surface area contributed by atoms with Gasteiger partial charge in [-0.05, 0) is 20.8 Å². The van der Waals surface area contributed by atoms with Crippen LogP contribution in [0.5, 0.6) is 0 Å². The lowest BCUT2D eigenvalue weighted by atomic mass is 10.2. The molecule has 0 N–H and O–H groups in total. The molecule has 14 heavy (non-hydrogen) atoms. The second-order valence-electron chi connectivity index (χ2n) is 4.48. The molecule has 1 saturated heterocycles. The van der Waals surface area contributed by atoms with E-state index in [9.17, 15) is 0 Å². The van der Waals surface area contributed by atoms with Crippen molar-refractivity contribution in [2.45, 2.75) is 32.9 Å². The lowest BCUT2D eigenvalue weighted by molar-refractivity contribution is 0.0457. The Morgan fingerprint density at radius 1 is 1.07 bits per heavy atom. The van der Waals surface area contributed by atoms with E-state index >= 15 is 0 Å². The summed E-state index contributed by atoms with van der Waals surface area (Å²) in [5.41, 5.74) is 0. The number of nitrogens with zero attached hydrogens (tertiary/aromatic N) is 2. The molecule has 1 fully saturated rings. The third-order valence-corrected chi connectivity index (χ3v) is 3.05. The van der Waals surface area contributed by atoms with Gasteiger partial charge in [0.2, 0.25) is 0 Å². The predicted molar refractivity (Wildman–Crippen MR) is 59.6 cm³/mol. The minimum Gasteiger partial charge on any atom is -0.380 e. The average molecular weight is 200 g/mol. The maximum absolute atomic E-state index is 5.27. The molecule has 3 heteroatoms. The van der Waals surface area contributed by atoms with Gasteiger partial charge in [-0.2, -0.15) is 0 Å². The fourth-order valence-corrected chi connectivity index (χ4v) is 1.90. The van der Waals surface area contributed by atoms with Crippen molar-refractivity contribution in [3.8, 4) is 0 Å². The Morgan fingerprint density at radius 2 is 1.64 bits per heavy atom. The van der Waals surface area contributed by atoms with Crippen LogP contribution < -0.4 is 0 Å². The highest BCUT2D eigenvalue weighted by atomic mass is 16.5. The quantitative estimate of drug-likeness (QED) is 0.674. The van der Waals surface area contributed by atoms with Gasteiger partial charge >= 0.3 is 0 Å². The monoisotopic (exact) mass is 200 g/mol. The lowest BCUT2D eigenvalue weighted by Crippen LogP contribution is -2.50. The first kappa shape index (κ1) is 12.0. The highest BCUT2D eigenvalue weighted by Gasteiger charge is 2.19. The van der Waals surface area contributed by atoms with Gasteiger partial charge in [-0.1, -0.05) is 0 Å². The molecule has 0 aromatic carbocycles. The van der Waals surface area contributed by atoms with Crippen LogP contribution in [0.4, 0.5) is 0 Å². The normalized spacial score (nSPS) is 22.9. The molecule has 0 aromatic rings. The molecule has 84 valence electrons. The van der Waals surface area contributed by atoms with Crippen molar-refractivity contribution in [1.29, 1.82) is 0 Å². The van der Waals surface area contributed by atoms with Crippen LogP contribution in [-0.4, -0.2) is 61.8 Å². The molecule has 1 aliphatic rings. The summed E-state index contributed by atoms with van der Waals surface area (Å²) in [5.74, 6) is 0. The molecule has 0 radical (unpaired) electrons. The number of piperazine rings is 1. The summed E-state index contributed by atoms with van der Waals surface area (Å²) >= 11 is 0. The summed E-state index contributed by atoms with van der Waals surface area (Å²) in [5, 5.41) is 0. The van der Waals surface area contributed by atoms with E-state index in [4.69, 9.17) is 4.74 Å². The van der Waals surface area contributed by atoms with Gasteiger partial charge in [-0.3, -0.25) is 9.80 Å². The van der Waals surface area contributed by atoms with Crippen molar-refractivity contribution in [1.82, 2.24) is 9.80 Å². The van der Waals surface area contributed by atoms with E-state index < -0.39 is 0 Å². The minimum atomic E-state index is 0.362. The average Bonchev–Trinajstić information content (AvgIpc) is 2.18. The third-order valence-electron chi connectivity index (χ3n) is 3.05. The third kappa shape index (κ3) is 3.56. The van der Waals surface area contributed by atoms with Crippen molar-refractivity contribution >= 4 is 0 Å². The van der Waals surface area contributed by atoms with Crippen LogP contribution in [-0.2, 0) is 4.74 Å². The van der Waals surface area contributed by atoms with E-state index in [-0.39, 0.29) is 0 Å². The topological polar surface area (TPSA) is 15.7 Å². The Balaban J connectivity index is 2.22. The Bertz CT molecular complexity index is 153. The Morgan fingerprint density at radius 3 is 2.07 bits per heavy atom. The maximum atomic E-state index is 5.27. The molecule has 1 aliphatic heterocycles. The molecule has 1 atom stereocenters. The molecule has 0 aromatic heterocycles. The second-order valence-corrected chi connectivity index (χ2v) is 4.48. The zero-order valence-corrected chi connectivity index (χ0v) is 9.99. The van der Waals surface area contributed by atoms with Gasteiger partial charge in [-0.25, -0.2) is 0 Å². The van der Waals surface area contributed by atoms with E-state index in [2.05, 4.69) is 30.6 Å². The molecular weight excluding hydrogens is 176 g/mol. The summed E-state index contributed by atoms with van der Waals surface area (Å²) in [6.07, 6.45) is 0.362. The van der Waals surface area contributed by atoms with Crippen molar-refractivity contribution in [3.63, 3.8) is 0 Å². The summed E-state index contributed by atoms with van der Waals surface area (Å²) in [7, 11) is 1.79. The molecule has 1 heterocycles. The standard InChI is InChI=1S/C11H24N2O/c1-10(2)13-7-5-12(6-8-13)9-11(3)14-4/h10-11H,5-9H2,1-4H3. The molecule has 1 unspecified atom stereocenters. The predicted octanol–water partition coefficient (Wildman–Crippen LogP) is 1.05. The largest absolute Gasteiger partial charge is 0.380 e. The number of ether oxygens (including phenoxy) is 1. The van der Waals surface area contributed by atoms with Gasteiger partial charge in [0.15, 0.2) is 0 Å². The molecule has 3 nitrogen and oxygen atoms in total. The van der Waals surface area contributed by atoms with Crippen LogP contribution >= 0.6 is 0 Å². The van der Waals surface area contributed by atoms with E-state index in [1.807, 2.05) is 0 Å². The van der Waals surface area contributed by atoms with Crippen LogP contribution in [0.1, 0.15) is 20.8 Å². The first-order valence-electron chi connectivity index (χ1n) is 5.62. The maximum Gasteiger partial charge on any atom is 0.0670 e. The second kappa shape index (κ2) is 5.69. The van der Waals surface area contributed by atoms with Crippen molar-refractivity contribution in [3.05, 3.63) is 0 Å². The van der Waals surface area contributed by atoms with Crippen LogP contribution in [0.3, 0.4) is 0 Å². The molecule has 0 aliphatic carbocycles. The summed E-state index contributed by atoms with van der Waals surface area (Å²) in [6, 6.07) is 0.692. The van der Waals surface area contributed by atoms with Gasteiger partial charge in [-0.15, -0.1) is 0 Å². The number of hydrogen-bond acceptors (Lipinski definition) is 3. The van der Waals surface area contributed by atoms with Crippen molar-refractivity contribution in [2.24, 2.45) is 0 Å². The van der Waals surface area contributed by atoms with E-state index in [1.165, 1.54) is 26.2 Å². The molecule has 0 spiro atoms. The van der Waals surface area contributed by atoms with Gasteiger partial charge in [0.1, 0.15) is 0 Å². The van der Waals surface area contributed by atoms with Gasteiger partial charge in [0.25, 0.3) is 0 Å². The fourth-order valence-electron chi connectivity index (χ4n) is 1.90. The molecule has 0 amide bonds. The van der Waals surface area contributed by atoms with E-state index in [1.54, 1.807) is 7.11 Å². The Kier molecular flexibility index (Phi) is 4.85. The minimum absolute atomic E-state index is 0.362. The van der Waals surface area contributed by atoms with Gasteiger partial charge in [0, 0.05) is 45.9 Å². The smallest absolute Gasteiger partial charge is 0.0670 e. The van der Waals surface area contributed by atoms with Crippen LogP contribution in [0.25, 0.3) is 0 Å². The molecule has 0 saturated carbocycles. The summed E-state index contributed by atoms with van der Waals surface area (Å²) in [6.45, 7) is 12.5. The molecule has 1 rings (SSSR count). The van der Waals surface area contributed by atoms with Crippen LogP contribution in [0, 0.1) is 0 Å². The first-order valence-corrected chi connectivity index (χ1v) is 5.62. The first-order chi connectivity index (χ1) is 6.63. The fraction of sp³-hybridized carbons (Fsp3) is 1.00. The highest BCUT2D eigenvalue weighted by molar-refractivity contribution is 4.75. The Labute approximate surface area is 88.0 Å². The van der Waals surface area contributed by atoms with E-state index in [0.717, 1.165) is 6.54 Å². The van der Waals surface area contributed by atoms with Crippen LogP contribution in [0.15, 0.2) is 0 Å². The van der Waals surface area contributed by atoms with Gasteiger partial charge < -0.3 is 4.74 Å². The van der Waals surface area contributed by atoms with Crippen LogP contribution in [0.2, 0.25) is 0 Å². The number of methoxy groups -OCH3 is 1. The molecular formula is C11H24N2O. The SMILES string of the molecule is COC(C)CN1CCN(C(C)C)CC1. The van der Waals surface area contributed by atoms with E-state index in [0.29, 0.717) is 12.1 Å². The summed E-state index contributed by atoms with van der Waals surface area (Å²) in [4.78, 5) is 5.03.